The summed E-state index contributed by atoms with van der Waals surface area (Å²) in [6.45, 7) is 8.19. The number of nitrogens with one attached hydrogen (secondary N) is 5. The topological polar surface area (TPSA) is 97.1 Å². The molecule has 2 aliphatic heterocycles. The molecule has 2 aromatic heterocycles. The Morgan fingerprint density at radius 2 is 1.97 bits per heavy atom. The van der Waals surface area contributed by atoms with Crippen molar-refractivity contribution in [2.75, 3.05) is 36.4 Å². The number of amides is 1. The van der Waals surface area contributed by atoms with E-state index in [9.17, 15) is 4.79 Å². The average molecular weight is 420 g/mol. The minimum absolute atomic E-state index is 0.0509. The van der Waals surface area contributed by atoms with E-state index in [4.69, 9.17) is 0 Å². The number of carbonyl (C=O) groups excluding carboxylic acids is 1. The van der Waals surface area contributed by atoms with Crippen LogP contribution in [-0.2, 0) is 4.79 Å². The van der Waals surface area contributed by atoms with Crippen LogP contribution in [0.1, 0.15) is 13.8 Å². The van der Waals surface area contributed by atoms with Crippen molar-refractivity contribution in [1.82, 2.24) is 26.1 Å². The maximum atomic E-state index is 12.7. The van der Waals surface area contributed by atoms with Crippen LogP contribution in [0.2, 0.25) is 0 Å². The molecule has 3 aromatic rings. The second kappa shape index (κ2) is 8.30. The van der Waals surface area contributed by atoms with Crippen LogP contribution in [0.4, 0.5) is 11.4 Å². The van der Waals surface area contributed by atoms with Gasteiger partial charge in [0.15, 0.2) is 0 Å². The van der Waals surface area contributed by atoms with Gasteiger partial charge in [-0.1, -0.05) is 19.1 Å². The van der Waals surface area contributed by atoms with Crippen molar-refractivity contribution >= 4 is 28.3 Å². The predicted molar refractivity (Wildman–Crippen MR) is 124 cm³/mol. The fourth-order valence-electron chi connectivity index (χ4n) is 4.33. The second-order valence-electron chi connectivity index (χ2n) is 8.54. The molecule has 31 heavy (non-hydrogen) atoms. The monoisotopic (exact) mass is 419 g/mol. The van der Waals surface area contributed by atoms with E-state index in [1.807, 2.05) is 6.07 Å². The molecule has 162 valence electrons. The van der Waals surface area contributed by atoms with Crippen molar-refractivity contribution in [1.29, 1.82) is 0 Å². The Hall–Kier alpha value is -2.94. The molecule has 4 heterocycles. The fourth-order valence-corrected chi connectivity index (χ4v) is 4.33. The third kappa shape index (κ3) is 4.01. The van der Waals surface area contributed by atoms with Crippen molar-refractivity contribution in [2.24, 2.45) is 5.92 Å². The fraction of sp³-hybridized carbons (Fsp3) is 0.391. The lowest BCUT2D eigenvalue weighted by Gasteiger charge is -2.29. The maximum absolute atomic E-state index is 12.7. The van der Waals surface area contributed by atoms with Crippen LogP contribution in [0.5, 0.6) is 0 Å². The number of carbonyl (C=O) groups is 1. The Morgan fingerprint density at radius 3 is 2.74 bits per heavy atom. The summed E-state index contributed by atoms with van der Waals surface area (Å²) < 4.78 is 0. The Balaban J connectivity index is 1.36. The Kier molecular flexibility index (Phi) is 5.35. The first kappa shape index (κ1) is 20.0. The highest BCUT2D eigenvalue weighted by molar-refractivity contribution is 5.97. The first-order chi connectivity index (χ1) is 15.1. The van der Waals surface area contributed by atoms with Gasteiger partial charge in [-0.3, -0.25) is 10.2 Å². The number of H-pyrrole nitrogens is 1. The molecule has 1 amide bonds. The lowest BCUT2D eigenvalue weighted by Crippen LogP contribution is -2.43. The van der Waals surface area contributed by atoms with Gasteiger partial charge in [0.2, 0.25) is 5.91 Å². The van der Waals surface area contributed by atoms with E-state index in [-0.39, 0.29) is 23.9 Å². The number of nitrogens with zero attached hydrogens (tertiary/aromatic N) is 2. The summed E-state index contributed by atoms with van der Waals surface area (Å²) >= 11 is 0. The number of hydrogen-bond acceptors (Lipinski definition) is 6. The van der Waals surface area contributed by atoms with Gasteiger partial charge in [0.1, 0.15) is 11.7 Å². The normalized spacial score (nSPS) is 23.9. The van der Waals surface area contributed by atoms with Gasteiger partial charge in [0.05, 0.1) is 11.9 Å². The van der Waals surface area contributed by atoms with E-state index in [0.29, 0.717) is 5.69 Å². The highest BCUT2D eigenvalue weighted by Gasteiger charge is 2.34. The molecule has 0 radical (unpaired) electrons. The van der Waals surface area contributed by atoms with Gasteiger partial charge in [-0.25, -0.2) is 10.4 Å². The van der Waals surface area contributed by atoms with Gasteiger partial charge >= 0.3 is 0 Å². The van der Waals surface area contributed by atoms with Crippen LogP contribution >= 0.6 is 0 Å². The molecule has 1 aromatic carbocycles. The zero-order valence-electron chi connectivity index (χ0n) is 17.9. The summed E-state index contributed by atoms with van der Waals surface area (Å²) in [7, 11) is 0. The smallest absolute Gasteiger partial charge is 0.243 e. The highest BCUT2D eigenvalue weighted by Crippen LogP contribution is 2.28. The van der Waals surface area contributed by atoms with Gasteiger partial charge in [0, 0.05) is 54.6 Å². The van der Waals surface area contributed by atoms with E-state index in [0.717, 1.165) is 48.5 Å². The second-order valence-corrected chi connectivity index (χ2v) is 8.54. The number of pyridine rings is 1. The molecule has 0 saturated carbocycles. The van der Waals surface area contributed by atoms with Crippen LogP contribution in [-0.4, -0.2) is 54.1 Å². The molecule has 2 saturated heterocycles. The van der Waals surface area contributed by atoms with Crippen molar-refractivity contribution in [3.05, 3.63) is 42.6 Å². The zero-order chi connectivity index (χ0) is 21.4. The number of piperazine rings is 1. The van der Waals surface area contributed by atoms with E-state index in [1.165, 1.54) is 5.69 Å². The number of fused-ring (bicyclic) bond motifs is 1. The quantitative estimate of drug-likeness (QED) is 0.444. The van der Waals surface area contributed by atoms with E-state index < -0.39 is 0 Å². The van der Waals surface area contributed by atoms with Crippen LogP contribution in [0.15, 0.2) is 42.6 Å². The minimum atomic E-state index is -0.264. The molecule has 5 rings (SSSR count). The Labute approximate surface area is 181 Å². The zero-order valence-corrected chi connectivity index (χ0v) is 17.9. The molecule has 0 aliphatic carbocycles. The van der Waals surface area contributed by atoms with E-state index in [1.54, 1.807) is 6.20 Å². The number of benzene rings is 1. The summed E-state index contributed by atoms with van der Waals surface area (Å²) in [5.41, 5.74) is 11.1. The summed E-state index contributed by atoms with van der Waals surface area (Å²) in [4.78, 5) is 23.0. The van der Waals surface area contributed by atoms with Crippen LogP contribution in [0.3, 0.4) is 0 Å². The molecule has 2 fully saturated rings. The molecule has 0 bridgehead atoms. The lowest BCUT2D eigenvalue weighted by molar-refractivity contribution is -0.118. The van der Waals surface area contributed by atoms with Gasteiger partial charge in [-0.05, 0) is 37.1 Å². The summed E-state index contributed by atoms with van der Waals surface area (Å²) in [5, 5.41) is 7.37. The third-order valence-electron chi connectivity index (χ3n) is 6.44. The highest BCUT2D eigenvalue weighted by atomic mass is 16.2. The molecule has 8 heteroatoms. The first-order valence-electron chi connectivity index (χ1n) is 11.0. The predicted octanol–water partition coefficient (Wildman–Crippen LogP) is 2.08. The molecule has 0 spiro atoms. The standard InChI is InChI=1S/C23H29N7O/c1-14-15(2)28-29-21(14)23(31)26-18-10-17-12-20(27-22(17)25-13-18)16-4-3-5-19(11-16)30-8-6-24-7-9-30/h3-5,10-15,21,24,28-29H,6-9H2,1-2H3,(H,25,27)(H,26,31). The summed E-state index contributed by atoms with van der Waals surface area (Å²) in [6, 6.07) is 12.6. The number of rotatable bonds is 4. The molecule has 8 nitrogen and oxygen atoms in total. The average Bonchev–Trinajstić information content (AvgIpc) is 3.37. The molecule has 2 aliphatic rings. The van der Waals surface area contributed by atoms with Crippen molar-refractivity contribution in [3.63, 3.8) is 0 Å². The third-order valence-corrected chi connectivity index (χ3v) is 6.44. The summed E-state index contributed by atoms with van der Waals surface area (Å²) in [6.07, 6.45) is 1.70. The number of aromatic nitrogens is 2. The van der Waals surface area contributed by atoms with Gasteiger partial charge in [-0.15, -0.1) is 0 Å². The first-order valence-corrected chi connectivity index (χ1v) is 11.0. The number of anilines is 2. The number of aromatic amines is 1. The summed E-state index contributed by atoms with van der Waals surface area (Å²) in [5.74, 6) is 0.156. The van der Waals surface area contributed by atoms with Gasteiger partial charge < -0.3 is 20.5 Å². The Bertz CT molecular complexity index is 1090. The molecule has 5 N–H and O–H groups in total. The molecule has 3 unspecified atom stereocenters. The Morgan fingerprint density at radius 1 is 1.13 bits per heavy atom. The molecular formula is C23H29N7O. The van der Waals surface area contributed by atoms with Crippen LogP contribution in [0, 0.1) is 5.92 Å². The van der Waals surface area contributed by atoms with Gasteiger partial charge in [-0.2, -0.15) is 0 Å². The SMILES string of the molecule is CC1NNC(C(=O)Nc2cnc3[nH]c(-c4cccc(N5CCNCC5)c4)cc3c2)C1C. The maximum Gasteiger partial charge on any atom is 0.243 e. The molecular weight excluding hydrogens is 390 g/mol. The number of hydrogen-bond donors (Lipinski definition) is 5. The van der Waals surface area contributed by atoms with E-state index >= 15 is 0 Å². The van der Waals surface area contributed by atoms with Crippen molar-refractivity contribution in [2.45, 2.75) is 25.9 Å². The largest absolute Gasteiger partial charge is 0.369 e. The minimum Gasteiger partial charge on any atom is -0.369 e. The lowest BCUT2D eigenvalue weighted by atomic mass is 9.97. The van der Waals surface area contributed by atoms with Crippen LogP contribution in [0.25, 0.3) is 22.3 Å². The molecule has 3 atom stereocenters. The number of hydrazine groups is 1. The van der Waals surface area contributed by atoms with E-state index in [2.05, 4.69) is 80.5 Å². The van der Waals surface area contributed by atoms with Crippen molar-refractivity contribution in [3.8, 4) is 11.3 Å². The van der Waals surface area contributed by atoms with Crippen molar-refractivity contribution < 1.29 is 4.79 Å². The van der Waals surface area contributed by atoms with Gasteiger partial charge in [0.25, 0.3) is 0 Å². The van der Waals surface area contributed by atoms with Crippen LogP contribution < -0.4 is 26.4 Å².